The van der Waals surface area contributed by atoms with Gasteiger partial charge in [-0.2, -0.15) is 0 Å². The van der Waals surface area contributed by atoms with Gasteiger partial charge in [-0.05, 0) is 37.1 Å². The van der Waals surface area contributed by atoms with Gasteiger partial charge in [-0.1, -0.05) is 43.7 Å². The summed E-state index contributed by atoms with van der Waals surface area (Å²) in [5.41, 5.74) is 8.60. The highest BCUT2D eigenvalue weighted by Gasteiger charge is 2.31. The Morgan fingerprint density at radius 1 is 1.00 bits per heavy atom. The van der Waals surface area contributed by atoms with Gasteiger partial charge >= 0.3 is 0 Å². The molecular weight excluding hydrogens is 428 g/mol. The Hall–Kier alpha value is -3.52. The van der Waals surface area contributed by atoms with E-state index in [4.69, 9.17) is 5.73 Å². The Kier molecular flexibility index (Phi) is 7.07. The van der Waals surface area contributed by atoms with E-state index in [-0.39, 0.29) is 17.7 Å². The van der Waals surface area contributed by atoms with Crippen molar-refractivity contribution < 1.29 is 9.59 Å². The number of benzene rings is 2. The van der Waals surface area contributed by atoms with Crippen molar-refractivity contribution in [1.29, 1.82) is 0 Å². The Labute approximate surface area is 200 Å². The first kappa shape index (κ1) is 23.6. The van der Waals surface area contributed by atoms with Gasteiger partial charge in [0, 0.05) is 37.1 Å². The molecule has 1 aromatic heterocycles. The van der Waals surface area contributed by atoms with Crippen molar-refractivity contribution >= 4 is 28.5 Å². The van der Waals surface area contributed by atoms with Gasteiger partial charge in [0.25, 0.3) is 5.91 Å². The standard InChI is InChI=1S/C26H32N6O2/c1-17(2)23(30-25(33)19-10-8-18(3)9-11-19)26(34)32-14-12-31(13-15-32)16-22-28-21-7-5-4-6-20(21)24(27)29-22/h4-11,17,23H,12-16H2,1-3H3,(H,30,33)(H2,27,28,29). The van der Waals surface area contributed by atoms with Crippen LogP contribution >= 0.6 is 0 Å². The first-order valence-corrected chi connectivity index (χ1v) is 11.7. The highest BCUT2D eigenvalue weighted by Crippen LogP contribution is 2.18. The van der Waals surface area contributed by atoms with Crippen LogP contribution in [0.3, 0.4) is 0 Å². The number of fused-ring (bicyclic) bond motifs is 1. The zero-order valence-electron chi connectivity index (χ0n) is 20.0. The number of nitrogens with one attached hydrogen (secondary N) is 1. The maximum Gasteiger partial charge on any atom is 0.251 e. The van der Waals surface area contributed by atoms with Crippen LogP contribution in [-0.2, 0) is 11.3 Å². The number of nitrogens with zero attached hydrogens (tertiary/aromatic N) is 4. The maximum atomic E-state index is 13.3. The van der Waals surface area contributed by atoms with Crippen molar-refractivity contribution in [2.75, 3.05) is 31.9 Å². The minimum Gasteiger partial charge on any atom is -0.383 e. The molecule has 8 heteroatoms. The molecule has 0 radical (unpaired) electrons. The number of carbonyl (C=O) groups excluding carboxylic acids is 2. The third kappa shape index (κ3) is 5.34. The lowest BCUT2D eigenvalue weighted by Gasteiger charge is -2.37. The summed E-state index contributed by atoms with van der Waals surface area (Å²) in [5, 5.41) is 3.80. The Balaban J connectivity index is 1.36. The molecule has 1 fully saturated rings. The van der Waals surface area contributed by atoms with Gasteiger partial charge < -0.3 is 16.0 Å². The number of hydrogen-bond acceptors (Lipinski definition) is 6. The van der Waals surface area contributed by atoms with Gasteiger partial charge in [0.15, 0.2) is 0 Å². The van der Waals surface area contributed by atoms with E-state index in [1.165, 1.54) is 0 Å². The summed E-state index contributed by atoms with van der Waals surface area (Å²) < 4.78 is 0. The summed E-state index contributed by atoms with van der Waals surface area (Å²) in [5.74, 6) is 0.881. The third-order valence-corrected chi connectivity index (χ3v) is 6.26. The van der Waals surface area contributed by atoms with Crippen LogP contribution in [0.5, 0.6) is 0 Å². The smallest absolute Gasteiger partial charge is 0.251 e. The van der Waals surface area contributed by atoms with Crippen molar-refractivity contribution in [2.24, 2.45) is 5.92 Å². The van der Waals surface area contributed by atoms with Crippen molar-refractivity contribution in [2.45, 2.75) is 33.4 Å². The molecule has 0 aliphatic carbocycles. The first-order valence-electron chi connectivity index (χ1n) is 11.7. The molecule has 2 aromatic carbocycles. The lowest BCUT2D eigenvalue weighted by Crippen LogP contribution is -2.56. The fourth-order valence-corrected chi connectivity index (χ4v) is 4.19. The van der Waals surface area contributed by atoms with Gasteiger partial charge in [-0.15, -0.1) is 0 Å². The van der Waals surface area contributed by atoms with Crippen LogP contribution in [0.1, 0.15) is 35.6 Å². The fourth-order valence-electron chi connectivity index (χ4n) is 4.19. The van der Waals surface area contributed by atoms with Crippen molar-refractivity contribution in [3.05, 3.63) is 65.5 Å². The first-order chi connectivity index (χ1) is 16.3. The molecule has 4 rings (SSSR count). The summed E-state index contributed by atoms with van der Waals surface area (Å²) in [6.07, 6.45) is 0. The largest absolute Gasteiger partial charge is 0.383 e. The number of hydrogen-bond donors (Lipinski definition) is 2. The van der Waals surface area contributed by atoms with Gasteiger partial charge in [-0.3, -0.25) is 14.5 Å². The molecule has 8 nitrogen and oxygen atoms in total. The second-order valence-electron chi connectivity index (χ2n) is 9.20. The number of amides is 2. The number of rotatable bonds is 6. The van der Waals surface area contributed by atoms with Crippen LogP contribution in [0.15, 0.2) is 48.5 Å². The van der Waals surface area contributed by atoms with E-state index >= 15 is 0 Å². The number of nitrogens with two attached hydrogens (primary N) is 1. The van der Waals surface area contributed by atoms with Gasteiger partial charge in [0.1, 0.15) is 17.7 Å². The molecule has 1 atom stereocenters. The fraction of sp³-hybridized carbons (Fsp3) is 0.385. The lowest BCUT2D eigenvalue weighted by molar-refractivity contribution is -0.136. The predicted octanol–water partition coefficient (Wildman–Crippen LogP) is 2.62. The molecule has 2 amide bonds. The number of aryl methyl sites for hydroxylation is 1. The van der Waals surface area contributed by atoms with Crippen LogP contribution in [0.25, 0.3) is 10.9 Å². The SMILES string of the molecule is Cc1ccc(C(=O)NC(C(=O)N2CCN(Cc3nc(N)c4ccccc4n3)CC2)C(C)C)cc1. The van der Waals surface area contributed by atoms with Crippen LogP contribution in [0.2, 0.25) is 0 Å². The average Bonchev–Trinajstić information content (AvgIpc) is 2.83. The van der Waals surface area contributed by atoms with Crippen molar-refractivity contribution in [3.8, 4) is 0 Å². The van der Waals surface area contributed by atoms with Crippen molar-refractivity contribution in [3.63, 3.8) is 0 Å². The molecule has 1 saturated heterocycles. The zero-order chi connectivity index (χ0) is 24.2. The number of nitrogen functional groups attached to an aromatic ring is 1. The molecule has 0 spiro atoms. The highest BCUT2D eigenvalue weighted by molar-refractivity contribution is 5.97. The zero-order valence-corrected chi connectivity index (χ0v) is 20.0. The molecular formula is C26H32N6O2. The van der Waals surface area contributed by atoms with Crippen molar-refractivity contribution in [1.82, 2.24) is 25.1 Å². The number of anilines is 1. The summed E-state index contributed by atoms with van der Waals surface area (Å²) in [6, 6.07) is 14.5. The van der Waals surface area contributed by atoms with Crippen LogP contribution in [0.4, 0.5) is 5.82 Å². The molecule has 3 N–H and O–H groups in total. The van der Waals surface area contributed by atoms with E-state index in [9.17, 15) is 9.59 Å². The Morgan fingerprint density at radius 2 is 1.68 bits per heavy atom. The summed E-state index contributed by atoms with van der Waals surface area (Å²) in [6.45, 7) is 9.05. The lowest BCUT2D eigenvalue weighted by atomic mass is 10.0. The molecule has 1 unspecified atom stereocenters. The van der Waals surface area contributed by atoms with Gasteiger partial charge in [-0.25, -0.2) is 9.97 Å². The monoisotopic (exact) mass is 460 g/mol. The molecule has 34 heavy (non-hydrogen) atoms. The van der Waals surface area contributed by atoms with E-state index in [2.05, 4.69) is 20.2 Å². The summed E-state index contributed by atoms with van der Waals surface area (Å²) >= 11 is 0. The molecule has 2 heterocycles. The minimum atomic E-state index is -0.566. The molecule has 0 bridgehead atoms. The van der Waals surface area contributed by atoms with E-state index in [1.54, 1.807) is 12.1 Å². The third-order valence-electron chi connectivity index (χ3n) is 6.26. The average molecular weight is 461 g/mol. The summed E-state index contributed by atoms with van der Waals surface area (Å²) in [4.78, 5) is 39.2. The minimum absolute atomic E-state index is 0.0195. The number of carbonyl (C=O) groups is 2. The van der Waals surface area contributed by atoms with Crippen LogP contribution in [-0.4, -0.2) is 63.8 Å². The van der Waals surface area contributed by atoms with Crippen LogP contribution < -0.4 is 11.1 Å². The molecule has 1 aliphatic heterocycles. The number of aromatic nitrogens is 2. The quantitative estimate of drug-likeness (QED) is 0.586. The summed E-state index contributed by atoms with van der Waals surface area (Å²) in [7, 11) is 0. The molecule has 1 aliphatic rings. The maximum absolute atomic E-state index is 13.3. The Bertz CT molecular complexity index is 1170. The second kappa shape index (κ2) is 10.2. The second-order valence-corrected chi connectivity index (χ2v) is 9.20. The van der Waals surface area contributed by atoms with E-state index < -0.39 is 6.04 Å². The highest BCUT2D eigenvalue weighted by atomic mass is 16.2. The van der Waals surface area contributed by atoms with Gasteiger partial charge in [0.05, 0.1) is 12.1 Å². The van der Waals surface area contributed by atoms with E-state index in [0.29, 0.717) is 49.9 Å². The van der Waals surface area contributed by atoms with E-state index in [1.807, 2.05) is 62.1 Å². The Morgan fingerprint density at radius 3 is 2.35 bits per heavy atom. The number of para-hydroxylation sites is 1. The topological polar surface area (TPSA) is 104 Å². The molecule has 178 valence electrons. The predicted molar refractivity (Wildman–Crippen MR) is 133 cm³/mol. The molecule has 0 saturated carbocycles. The normalized spacial score (nSPS) is 15.5. The van der Waals surface area contributed by atoms with E-state index in [0.717, 1.165) is 16.5 Å². The van der Waals surface area contributed by atoms with Gasteiger partial charge in [0.2, 0.25) is 5.91 Å². The van der Waals surface area contributed by atoms with Crippen LogP contribution in [0, 0.1) is 12.8 Å². The number of piperazine rings is 1. The molecule has 3 aromatic rings.